The molecule has 0 aromatic heterocycles. The Morgan fingerprint density at radius 2 is 1.75 bits per heavy atom. The van der Waals surface area contributed by atoms with Gasteiger partial charge in [-0.05, 0) is 55.0 Å². The van der Waals surface area contributed by atoms with Crippen molar-refractivity contribution in [3.05, 3.63) is 69.7 Å². The molecule has 6 heteroatoms. The van der Waals surface area contributed by atoms with E-state index in [0.29, 0.717) is 29.3 Å². The first-order valence-corrected chi connectivity index (χ1v) is 10.3. The van der Waals surface area contributed by atoms with Crippen LogP contribution < -0.4 is 0 Å². The van der Waals surface area contributed by atoms with E-state index in [2.05, 4.69) is 4.90 Å². The van der Waals surface area contributed by atoms with Crippen LogP contribution >= 0.6 is 23.2 Å². The van der Waals surface area contributed by atoms with E-state index in [-0.39, 0.29) is 12.3 Å². The van der Waals surface area contributed by atoms with E-state index in [1.807, 2.05) is 36.4 Å². The van der Waals surface area contributed by atoms with Gasteiger partial charge in [-0.25, -0.2) is 0 Å². The summed E-state index contributed by atoms with van der Waals surface area (Å²) in [7, 11) is 0. The lowest BCUT2D eigenvalue weighted by Crippen LogP contribution is -2.43. The molecular formula is C22H25Cl2NO3. The second-order valence-electron chi connectivity index (χ2n) is 7.50. The van der Waals surface area contributed by atoms with Crippen molar-refractivity contribution in [1.29, 1.82) is 0 Å². The highest BCUT2D eigenvalue weighted by atomic mass is 35.5. The average Bonchev–Trinajstić information content (AvgIpc) is 2.69. The molecule has 4 nitrogen and oxygen atoms in total. The predicted octanol–water partition coefficient (Wildman–Crippen LogP) is 4.93. The van der Waals surface area contributed by atoms with E-state index >= 15 is 0 Å². The van der Waals surface area contributed by atoms with Gasteiger partial charge in [0.25, 0.3) is 0 Å². The van der Waals surface area contributed by atoms with Crippen LogP contribution in [-0.2, 0) is 10.4 Å². The number of likely N-dealkylation sites (tertiary alicyclic amines) is 1. The highest BCUT2D eigenvalue weighted by Crippen LogP contribution is 2.34. The number of rotatable bonds is 7. The van der Waals surface area contributed by atoms with Gasteiger partial charge >= 0.3 is 5.97 Å². The summed E-state index contributed by atoms with van der Waals surface area (Å²) in [5.41, 5.74) is 1.09. The van der Waals surface area contributed by atoms with Gasteiger partial charge < -0.3 is 15.1 Å². The minimum atomic E-state index is -0.826. The third-order valence-corrected chi connectivity index (χ3v) is 6.36. The van der Waals surface area contributed by atoms with Crippen LogP contribution in [0.1, 0.15) is 42.7 Å². The van der Waals surface area contributed by atoms with Crippen LogP contribution in [-0.4, -0.2) is 40.7 Å². The molecule has 28 heavy (non-hydrogen) atoms. The number of carbonyl (C=O) groups is 1. The van der Waals surface area contributed by atoms with Gasteiger partial charge in [0.05, 0.1) is 22.1 Å². The van der Waals surface area contributed by atoms with Crippen molar-refractivity contribution in [2.24, 2.45) is 0 Å². The van der Waals surface area contributed by atoms with E-state index in [1.54, 1.807) is 12.1 Å². The summed E-state index contributed by atoms with van der Waals surface area (Å²) >= 11 is 12.1. The Kier molecular flexibility index (Phi) is 7.00. The molecule has 3 rings (SSSR count). The second-order valence-corrected chi connectivity index (χ2v) is 8.31. The summed E-state index contributed by atoms with van der Waals surface area (Å²) < 4.78 is 0. The molecule has 1 aliphatic rings. The third-order valence-electron chi connectivity index (χ3n) is 5.62. The van der Waals surface area contributed by atoms with Gasteiger partial charge in [-0.3, -0.25) is 4.79 Å². The molecule has 2 aromatic carbocycles. The van der Waals surface area contributed by atoms with E-state index in [0.717, 1.165) is 30.8 Å². The number of aliphatic carboxylic acids is 1. The molecule has 0 spiro atoms. The van der Waals surface area contributed by atoms with Crippen LogP contribution in [0.25, 0.3) is 0 Å². The fourth-order valence-electron chi connectivity index (χ4n) is 3.89. The quantitative estimate of drug-likeness (QED) is 0.665. The number of carboxylic acid groups (broad SMARTS) is 1. The lowest BCUT2D eigenvalue weighted by molar-refractivity contribution is -0.137. The predicted molar refractivity (Wildman–Crippen MR) is 112 cm³/mol. The van der Waals surface area contributed by atoms with E-state index in [4.69, 9.17) is 23.2 Å². The Labute approximate surface area is 175 Å². The minimum Gasteiger partial charge on any atom is -0.481 e. The molecule has 0 radical (unpaired) electrons. The van der Waals surface area contributed by atoms with Crippen molar-refractivity contribution >= 4 is 29.2 Å². The standard InChI is InChI=1S/C22H25Cl2NO3/c23-19-7-6-16(14-20(19)24)17(15-21(26)27)8-11-25-12-9-22(28,10-13-25)18-4-2-1-3-5-18/h1-7,14,17,28H,8-13,15H2,(H,26,27). The van der Waals surface area contributed by atoms with Gasteiger partial charge in [-0.15, -0.1) is 0 Å². The molecule has 2 N–H and O–H groups in total. The van der Waals surface area contributed by atoms with Crippen molar-refractivity contribution in [3.63, 3.8) is 0 Å². The van der Waals surface area contributed by atoms with E-state index < -0.39 is 11.6 Å². The number of aliphatic hydroxyl groups is 1. The number of piperidine rings is 1. The minimum absolute atomic E-state index is 0.0553. The van der Waals surface area contributed by atoms with Gasteiger partial charge in [0.15, 0.2) is 0 Å². The van der Waals surface area contributed by atoms with Gasteiger partial charge in [-0.1, -0.05) is 59.6 Å². The van der Waals surface area contributed by atoms with Crippen molar-refractivity contribution in [2.45, 2.75) is 37.2 Å². The molecule has 0 bridgehead atoms. The maximum absolute atomic E-state index is 11.3. The van der Waals surface area contributed by atoms with Crippen molar-refractivity contribution < 1.29 is 15.0 Å². The Bertz CT molecular complexity index is 805. The fourth-order valence-corrected chi connectivity index (χ4v) is 4.19. The zero-order valence-electron chi connectivity index (χ0n) is 15.7. The van der Waals surface area contributed by atoms with Crippen molar-refractivity contribution in [3.8, 4) is 0 Å². The zero-order valence-corrected chi connectivity index (χ0v) is 17.2. The lowest BCUT2D eigenvalue weighted by atomic mass is 9.84. The van der Waals surface area contributed by atoms with E-state index in [9.17, 15) is 15.0 Å². The van der Waals surface area contributed by atoms with Crippen LogP contribution in [0.4, 0.5) is 0 Å². The molecule has 1 unspecified atom stereocenters. The van der Waals surface area contributed by atoms with Crippen LogP contribution in [0, 0.1) is 0 Å². The Balaban J connectivity index is 1.60. The molecule has 1 fully saturated rings. The lowest BCUT2D eigenvalue weighted by Gasteiger charge is -2.39. The fraction of sp³-hybridized carbons (Fsp3) is 0.409. The van der Waals surface area contributed by atoms with Crippen molar-refractivity contribution in [2.75, 3.05) is 19.6 Å². The molecule has 0 aliphatic carbocycles. The van der Waals surface area contributed by atoms with Crippen molar-refractivity contribution in [1.82, 2.24) is 4.90 Å². The molecule has 1 atom stereocenters. The van der Waals surface area contributed by atoms with Crippen LogP contribution in [0.3, 0.4) is 0 Å². The number of halogens is 2. The van der Waals surface area contributed by atoms with Gasteiger partial charge in [0, 0.05) is 13.1 Å². The zero-order chi connectivity index (χ0) is 20.1. The summed E-state index contributed by atoms with van der Waals surface area (Å²) in [5.74, 6) is -0.949. The first kappa shape index (κ1) is 21.1. The summed E-state index contributed by atoms with van der Waals surface area (Å²) in [6.07, 6.45) is 2.12. The number of benzene rings is 2. The molecule has 0 amide bonds. The summed E-state index contributed by atoms with van der Waals surface area (Å²) in [4.78, 5) is 13.6. The molecule has 1 saturated heterocycles. The van der Waals surface area contributed by atoms with Gasteiger partial charge in [-0.2, -0.15) is 0 Å². The molecule has 150 valence electrons. The van der Waals surface area contributed by atoms with Crippen LogP contribution in [0.2, 0.25) is 10.0 Å². The topological polar surface area (TPSA) is 60.8 Å². The first-order valence-electron chi connectivity index (χ1n) is 9.54. The van der Waals surface area contributed by atoms with Crippen LogP contribution in [0.15, 0.2) is 48.5 Å². The SMILES string of the molecule is O=C(O)CC(CCN1CCC(O)(c2ccccc2)CC1)c1ccc(Cl)c(Cl)c1. The Morgan fingerprint density at radius 1 is 1.07 bits per heavy atom. The third kappa shape index (κ3) is 5.26. The highest BCUT2D eigenvalue weighted by Gasteiger charge is 2.33. The maximum Gasteiger partial charge on any atom is 0.303 e. The largest absolute Gasteiger partial charge is 0.481 e. The van der Waals surface area contributed by atoms with E-state index in [1.165, 1.54) is 0 Å². The van der Waals surface area contributed by atoms with Crippen LogP contribution in [0.5, 0.6) is 0 Å². The molecular weight excluding hydrogens is 397 g/mol. The number of carboxylic acids is 1. The molecule has 1 aliphatic heterocycles. The number of hydrogen-bond donors (Lipinski definition) is 2. The van der Waals surface area contributed by atoms with Gasteiger partial charge in [0.1, 0.15) is 0 Å². The first-order chi connectivity index (χ1) is 13.4. The maximum atomic E-state index is 11.3. The summed E-state index contributed by atoms with van der Waals surface area (Å²) in [6, 6.07) is 15.1. The molecule has 0 saturated carbocycles. The molecule has 2 aromatic rings. The summed E-state index contributed by atoms with van der Waals surface area (Å²) in [5, 5.41) is 21.2. The smallest absolute Gasteiger partial charge is 0.303 e. The Morgan fingerprint density at radius 3 is 2.36 bits per heavy atom. The Hall–Kier alpha value is -1.59. The summed E-state index contributed by atoms with van der Waals surface area (Å²) in [6.45, 7) is 2.35. The normalized spacial score (nSPS) is 18.0. The number of hydrogen-bond acceptors (Lipinski definition) is 3. The monoisotopic (exact) mass is 421 g/mol. The molecule has 1 heterocycles. The highest BCUT2D eigenvalue weighted by molar-refractivity contribution is 6.42. The second kappa shape index (κ2) is 9.27. The average molecular weight is 422 g/mol. The van der Waals surface area contributed by atoms with Gasteiger partial charge in [0.2, 0.25) is 0 Å². The number of nitrogens with zero attached hydrogens (tertiary/aromatic N) is 1.